The predicted molar refractivity (Wildman–Crippen MR) is 114 cm³/mol. The Hall–Kier alpha value is -2.62. The summed E-state index contributed by atoms with van der Waals surface area (Å²) < 4.78 is 2.04. The molecule has 0 saturated heterocycles. The third kappa shape index (κ3) is 3.61. The third-order valence-electron chi connectivity index (χ3n) is 5.11. The maximum Gasteiger partial charge on any atom is 0.121 e. The number of anilines is 1. The molecular weight excluding hydrogens is 332 g/mol. The summed E-state index contributed by atoms with van der Waals surface area (Å²) in [5.74, 6) is 0. The first kappa shape index (κ1) is 19.2. The number of nitrogens with zero attached hydrogens (tertiary/aromatic N) is 4. The molecule has 4 nitrogen and oxygen atoms in total. The Balaban J connectivity index is 2.30. The molecule has 0 saturated carbocycles. The van der Waals surface area contributed by atoms with Crippen LogP contribution in [0, 0.1) is 6.92 Å². The largest absolute Gasteiger partial charge is 0.369 e. The van der Waals surface area contributed by atoms with Gasteiger partial charge in [0.15, 0.2) is 0 Å². The van der Waals surface area contributed by atoms with E-state index in [2.05, 4.69) is 112 Å². The van der Waals surface area contributed by atoms with E-state index in [0.717, 1.165) is 22.5 Å². The Morgan fingerprint density at radius 1 is 0.926 bits per heavy atom. The molecule has 0 atom stereocenters. The maximum atomic E-state index is 4.60. The standard InChI is InChI=1S/C23H30N4/c1-16(2)27-22(21(24-25-27)18-13-9-8-12-17(18)3)19-14-10-11-15-20(19)26(7)23(4,5)6/h8-16H,1-7H3. The average Bonchev–Trinajstić information content (AvgIpc) is 3.05. The summed E-state index contributed by atoms with van der Waals surface area (Å²) in [6, 6.07) is 17.1. The highest BCUT2D eigenvalue weighted by Gasteiger charge is 2.25. The molecule has 142 valence electrons. The zero-order valence-corrected chi connectivity index (χ0v) is 17.5. The van der Waals surface area contributed by atoms with Gasteiger partial charge in [-0.25, -0.2) is 4.68 Å². The fourth-order valence-corrected chi connectivity index (χ4v) is 3.25. The van der Waals surface area contributed by atoms with Crippen molar-refractivity contribution >= 4 is 5.69 Å². The van der Waals surface area contributed by atoms with Crippen LogP contribution in [0.5, 0.6) is 0 Å². The van der Waals surface area contributed by atoms with Gasteiger partial charge in [0.25, 0.3) is 0 Å². The highest BCUT2D eigenvalue weighted by molar-refractivity contribution is 5.86. The molecule has 1 aromatic heterocycles. The summed E-state index contributed by atoms with van der Waals surface area (Å²) in [5, 5.41) is 9.12. The van der Waals surface area contributed by atoms with Crippen molar-refractivity contribution in [2.45, 2.75) is 53.1 Å². The molecule has 0 aliphatic heterocycles. The number of hydrogen-bond donors (Lipinski definition) is 0. The van der Waals surface area contributed by atoms with Crippen LogP contribution < -0.4 is 4.90 Å². The summed E-state index contributed by atoms with van der Waals surface area (Å²) in [6.07, 6.45) is 0. The fourth-order valence-electron chi connectivity index (χ4n) is 3.25. The lowest BCUT2D eigenvalue weighted by Crippen LogP contribution is -2.38. The lowest BCUT2D eigenvalue weighted by molar-refractivity contribution is 0.518. The lowest BCUT2D eigenvalue weighted by atomic mass is 9.97. The van der Waals surface area contributed by atoms with Gasteiger partial charge in [0, 0.05) is 35.4 Å². The second-order valence-corrected chi connectivity index (χ2v) is 8.39. The quantitative estimate of drug-likeness (QED) is 0.594. The van der Waals surface area contributed by atoms with E-state index >= 15 is 0 Å². The van der Waals surface area contributed by atoms with Crippen LogP contribution in [0.4, 0.5) is 5.69 Å². The van der Waals surface area contributed by atoms with Gasteiger partial charge in [-0.15, -0.1) is 5.10 Å². The summed E-state index contributed by atoms with van der Waals surface area (Å²) in [7, 11) is 2.15. The second kappa shape index (κ2) is 7.18. The highest BCUT2D eigenvalue weighted by Crippen LogP contribution is 2.39. The van der Waals surface area contributed by atoms with Crippen molar-refractivity contribution in [1.29, 1.82) is 0 Å². The first-order valence-electron chi connectivity index (χ1n) is 9.56. The van der Waals surface area contributed by atoms with E-state index in [1.807, 2.05) is 4.68 Å². The van der Waals surface area contributed by atoms with Crippen LogP contribution in [-0.2, 0) is 0 Å². The fraction of sp³-hybridized carbons (Fsp3) is 0.391. The van der Waals surface area contributed by atoms with Crippen LogP contribution in [0.3, 0.4) is 0 Å². The molecule has 0 fully saturated rings. The molecule has 2 aromatic carbocycles. The second-order valence-electron chi connectivity index (χ2n) is 8.39. The van der Waals surface area contributed by atoms with Gasteiger partial charge in [-0.05, 0) is 53.2 Å². The van der Waals surface area contributed by atoms with Crippen molar-refractivity contribution in [3.63, 3.8) is 0 Å². The predicted octanol–water partition coefficient (Wildman–Crippen LogP) is 5.74. The Morgan fingerprint density at radius 2 is 1.52 bits per heavy atom. The smallest absolute Gasteiger partial charge is 0.121 e. The first-order chi connectivity index (χ1) is 12.7. The normalized spacial score (nSPS) is 11.9. The minimum absolute atomic E-state index is 0.00897. The molecule has 0 spiro atoms. The van der Waals surface area contributed by atoms with E-state index in [4.69, 9.17) is 0 Å². The monoisotopic (exact) mass is 362 g/mol. The SMILES string of the molecule is Cc1ccccc1-c1nnn(C(C)C)c1-c1ccccc1N(C)C(C)(C)C. The molecule has 0 aliphatic rings. The molecular formula is C23H30N4. The molecule has 0 amide bonds. The van der Waals surface area contributed by atoms with Gasteiger partial charge in [0.1, 0.15) is 5.69 Å². The van der Waals surface area contributed by atoms with Crippen molar-refractivity contribution < 1.29 is 0 Å². The molecule has 0 unspecified atom stereocenters. The molecule has 3 aromatic rings. The summed E-state index contributed by atoms with van der Waals surface area (Å²) in [6.45, 7) is 13.1. The van der Waals surface area contributed by atoms with Gasteiger partial charge in [0.2, 0.25) is 0 Å². The molecule has 0 aliphatic carbocycles. The zero-order valence-electron chi connectivity index (χ0n) is 17.5. The Morgan fingerprint density at radius 3 is 2.11 bits per heavy atom. The molecule has 0 bridgehead atoms. The molecule has 1 heterocycles. The van der Waals surface area contributed by atoms with Crippen LogP contribution in [0.25, 0.3) is 22.5 Å². The van der Waals surface area contributed by atoms with Gasteiger partial charge in [-0.1, -0.05) is 47.7 Å². The van der Waals surface area contributed by atoms with Crippen molar-refractivity contribution in [2.75, 3.05) is 11.9 Å². The number of hydrogen-bond acceptors (Lipinski definition) is 3. The molecule has 0 N–H and O–H groups in total. The van der Waals surface area contributed by atoms with Crippen LogP contribution >= 0.6 is 0 Å². The number of aryl methyl sites for hydroxylation is 1. The number of para-hydroxylation sites is 1. The van der Waals surface area contributed by atoms with E-state index < -0.39 is 0 Å². The highest BCUT2D eigenvalue weighted by atomic mass is 15.4. The van der Waals surface area contributed by atoms with Gasteiger partial charge in [-0.3, -0.25) is 0 Å². The van der Waals surface area contributed by atoms with Crippen molar-refractivity contribution in [3.05, 3.63) is 54.1 Å². The molecule has 4 heteroatoms. The number of aromatic nitrogens is 3. The van der Waals surface area contributed by atoms with E-state index in [9.17, 15) is 0 Å². The minimum atomic E-state index is 0.00897. The number of benzene rings is 2. The maximum absolute atomic E-state index is 4.60. The van der Waals surface area contributed by atoms with E-state index in [0.29, 0.717) is 0 Å². The summed E-state index contributed by atoms with van der Waals surface area (Å²) in [5.41, 5.74) is 6.71. The van der Waals surface area contributed by atoms with Crippen LogP contribution in [0.15, 0.2) is 48.5 Å². The number of rotatable bonds is 4. The van der Waals surface area contributed by atoms with Gasteiger partial charge < -0.3 is 4.90 Å². The van der Waals surface area contributed by atoms with E-state index in [1.54, 1.807) is 0 Å². The molecule has 3 rings (SSSR count). The van der Waals surface area contributed by atoms with Crippen LogP contribution in [0.1, 0.15) is 46.2 Å². The molecule has 0 radical (unpaired) electrons. The van der Waals surface area contributed by atoms with E-state index in [1.165, 1.54) is 11.3 Å². The minimum Gasteiger partial charge on any atom is -0.369 e. The Bertz CT molecular complexity index is 932. The van der Waals surface area contributed by atoms with Gasteiger partial charge in [-0.2, -0.15) is 0 Å². The summed E-state index contributed by atoms with van der Waals surface area (Å²) >= 11 is 0. The third-order valence-corrected chi connectivity index (χ3v) is 5.11. The van der Waals surface area contributed by atoms with Crippen molar-refractivity contribution in [3.8, 4) is 22.5 Å². The van der Waals surface area contributed by atoms with Crippen LogP contribution in [-0.4, -0.2) is 27.6 Å². The Labute approximate surface area is 162 Å². The average molecular weight is 363 g/mol. The van der Waals surface area contributed by atoms with Gasteiger partial charge in [0.05, 0.1) is 5.69 Å². The topological polar surface area (TPSA) is 34.0 Å². The zero-order chi connectivity index (χ0) is 19.8. The van der Waals surface area contributed by atoms with Crippen molar-refractivity contribution in [1.82, 2.24) is 15.0 Å². The van der Waals surface area contributed by atoms with Crippen molar-refractivity contribution in [2.24, 2.45) is 0 Å². The Kier molecular flexibility index (Phi) is 5.09. The lowest BCUT2D eigenvalue weighted by Gasteiger charge is -2.35. The molecule has 27 heavy (non-hydrogen) atoms. The van der Waals surface area contributed by atoms with Gasteiger partial charge >= 0.3 is 0 Å². The van der Waals surface area contributed by atoms with E-state index in [-0.39, 0.29) is 11.6 Å². The van der Waals surface area contributed by atoms with Crippen LogP contribution in [0.2, 0.25) is 0 Å². The summed E-state index contributed by atoms with van der Waals surface area (Å²) in [4.78, 5) is 2.32. The first-order valence-corrected chi connectivity index (χ1v) is 9.56.